The molecule has 0 saturated carbocycles. The molecular weight excluding hydrogens is 202 g/mol. The fourth-order valence-corrected chi connectivity index (χ4v) is 1.45. The first-order valence-corrected chi connectivity index (χ1v) is 4.65. The number of hydrogen-bond acceptors (Lipinski definition) is 2. The number of nitrogens with two attached hydrogens (primary N) is 1. The molecule has 0 bridgehead atoms. The number of amides is 1. The molecule has 4 heteroatoms. The van der Waals surface area contributed by atoms with Gasteiger partial charge >= 0.3 is 0 Å². The van der Waals surface area contributed by atoms with E-state index in [2.05, 4.69) is 0 Å². The van der Waals surface area contributed by atoms with Gasteiger partial charge in [0.25, 0.3) is 0 Å². The second-order valence-corrected chi connectivity index (χ2v) is 3.66. The van der Waals surface area contributed by atoms with Crippen LogP contribution in [0.1, 0.15) is 22.8 Å². The lowest BCUT2D eigenvalue weighted by Crippen LogP contribution is -2.16. The molecule has 3 N–H and O–H groups in total. The summed E-state index contributed by atoms with van der Waals surface area (Å²) in [7, 11) is 0. The summed E-state index contributed by atoms with van der Waals surface area (Å²) in [5.74, 6) is -0.525. The van der Waals surface area contributed by atoms with E-state index >= 15 is 0 Å². The second kappa shape index (κ2) is 4.44. The molecule has 1 atom stereocenters. The maximum atomic E-state index is 11.0. The van der Waals surface area contributed by atoms with Crippen LogP contribution in [0.3, 0.4) is 0 Å². The second-order valence-electron chi connectivity index (χ2n) is 3.22. The Bertz CT molecular complexity index is 350. The maximum Gasteiger partial charge on any atom is 0.249 e. The SMILES string of the molecule is CC(O)Cc1ccc(Cl)cc1C(N)=O. The first kappa shape index (κ1) is 11.0. The van der Waals surface area contributed by atoms with Gasteiger partial charge in [-0.15, -0.1) is 0 Å². The molecule has 0 aromatic heterocycles. The molecule has 0 radical (unpaired) electrons. The maximum absolute atomic E-state index is 11.0. The molecule has 0 heterocycles. The topological polar surface area (TPSA) is 63.3 Å². The summed E-state index contributed by atoms with van der Waals surface area (Å²) < 4.78 is 0. The predicted octanol–water partition coefficient (Wildman–Crippen LogP) is 1.36. The molecule has 1 rings (SSSR count). The van der Waals surface area contributed by atoms with Crippen molar-refractivity contribution in [2.45, 2.75) is 19.4 Å². The molecule has 1 aromatic carbocycles. The van der Waals surface area contributed by atoms with Gasteiger partial charge in [0.2, 0.25) is 5.91 Å². The zero-order chi connectivity index (χ0) is 10.7. The van der Waals surface area contributed by atoms with E-state index in [1.165, 1.54) is 6.07 Å². The van der Waals surface area contributed by atoms with Gasteiger partial charge in [-0.3, -0.25) is 4.79 Å². The van der Waals surface area contributed by atoms with Crippen molar-refractivity contribution >= 4 is 17.5 Å². The predicted molar refractivity (Wildman–Crippen MR) is 55.4 cm³/mol. The number of aliphatic hydroxyl groups is 1. The van der Waals surface area contributed by atoms with Crippen LogP contribution in [0.15, 0.2) is 18.2 Å². The fourth-order valence-electron chi connectivity index (χ4n) is 1.27. The van der Waals surface area contributed by atoms with E-state index < -0.39 is 12.0 Å². The van der Waals surface area contributed by atoms with Gasteiger partial charge in [0, 0.05) is 10.6 Å². The third-order valence-electron chi connectivity index (χ3n) is 1.85. The molecule has 0 spiro atoms. The van der Waals surface area contributed by atoms with Crippen molar-refractivity contribution in [3.05, 3.63) is 34.3 Å². The smallest absolute Gasteiger partial charge is 0.249 e. The van der Waals surface area contributed by atoms with Crippen LogP contribution >= 0.6 is 11.6 Å². The van der Waals surface area contributed by atoms with E-state index in [0.29, 0.717) is 17.0 Å². The van der Waals surface area contributed by atoms with Gasteiger partial charge in [-0.25, -0.2) is 0 Å². The normalized spacial score (nSPS) is 12.5. The van der Waals surface area contributed by atoms with Crippen LogP contribution in [0.2, 0.25) is 5.02 Å². The highest BCUT2D eigenvalue weighted by molar-refractivity contribution is 6.31. The number of benzene rings is 1. The Morgan fingerprint density at radius 1 is 1.64 bits per heavy atom. The van der Waals surface area contributed by atoms with Gasteiger partial charge in [0.1, 0.15) is 0 Å². The molecular formula is C10H12ClNO2. The van der Waals surface area contributed by atoms with E-state index in [4.69, 9.17) is 17.3 Å². The zero-order valence-corrected chi connectivity index (χ0v) is 8.58. The standard InChI is InChI=1S/C10H12ClNO2/c1-6(13)4-7-2-3-8(11)5-9(7)10(12)14/h2-3,5-6,13H,4H2,1H3,(H2,12,14). The Balaban J connectivity index is 3.08. The van der Waals surface area contributed by atoms with E-state index in [1.54, 1.807) is 19.1 Å². The molecule has 1 unspecified atom stereocenters. The Labute approximate surface area is 87.5 Å². The Hall–Kier alpha value is -1.06. The molecule has 1 aromatic rings. The molecule has 0 aliphatic rings. The van der Waals surface area contributed by atoms with Crippen LogP contribution in [-0.2, 0) is 6.42 Å². The van der Waals surface area contributed by atoms with E-state index in [9.17, 15) is 9.90 Å². The van der Waals surface area contributed by atoms with E-state index in [1.807, 2.05) is 0 Å². The van der Waals surface area contributed by atoms with E-state index in [0.717, 1.165) is 5.56 Å². The van der Waals surface area contributed by atoms with Gasteiger partial charge in [0.05, 0.1) is 6.10 Å². The minimum Gasteiger partial charge on any atom is -0.393 e. The molecule has 14 heavy (non-hydrogen) atoms. The molecule has 0 fully saturated rings. The largest absolute Gasteiger partial charge is 0.393 e. The number of primary amides is 1. The first-order valence-electron chi connectivity index (χ1n) is 4.27. The van der Waals surface area contributed by atoms with Crippen molar-refractivity contribution in [3.8, 4) is 0 Å². The highest BCUT2D eigenvalue weighted by atomic mass is 35.5. The summed E-state index contributed by atoms with van der Waals surface area (Å²) in [6.07, 6.45) is -0.107. The quantitative estimate of drug-likeness (QED) is 0.797. The number of rotatable bonds is 3. The number of carbonyl (C=O) groups is 1. The monoisotopic (exact) mass is 213 g/mol. The van der Waals surface area contributed by atoms with Gasteiger partial charge in [-0.1, -0.05) is 17.7 Å². The number of hydrogen-bond donors (Lipinski definition) is 2. The number of carbonyl (C=O) groups excluding carboxylic acids is 1. The highest BCUT2D eigenvalue weighted by Gasteiger charge is 2.10. The summed E-state index contributed by atoms with van der Waals surface area (Å²) in [6, 6.07) is 4.89. The lowest BCUT2D eigenvalue weighted by atomic mass is 10.0. The molecule has 3 nitrogen and oxygen atoms in total. The Morgan fingerprint density at radius 2 is 2.29 bits per heavy atom. The van der Waals surface area contributed by atoms with Gasteiger partial charge in [0.15, 0.2) is 0 Å². The highest BCUT2D eigenvalue weighted by Crippen LogP contribution is 2.17. The Kier molecular flexibility index (Phi) is 3.49. The third-order valence-corrected chi connectivity index (χ3v) is 2.09. The van der Waals surface area contributed by atoms with Crippen molar-refractivity contribution in [2.75, 3.05) is 0 Å². The van der Waals surface area contributed by atoms with Gasteiger partial charge < -0.3 is 10.8 Å². The first-order chi connectivity index (χ1) is 6.50. The van der Waals surface area contributed by atoms with Crippen molar-refractivity contribution in [3.63, 3.8) is 0 Å². The molecule has 0 aliphatic carbocycles. The van der Waals surface area contributed by atoms with Crippen molar-refractivity contribution in [1.29, 1.82) is 0 Å². The lowest BCUT2D eigenvalue weighted by molar-refractivity contribution is 0.0998. The third kappa shape index (κ3) is 2.72. The molecule has 76 valence electrons. The van der Waals surface area contributed by atoms with Crippen LogP contribution in [0, 0.1) is 0 Å². The number of aliphatic hydroxyl groups excluding tert-OH is 1. The van der Waals surface area contributed by atoms with E-state index in [-0.39, 0.29) is 0 Å². The van der Waals surface area contributed by atoms with Crippen LogP contribution in [-0.4, -0.2) is 17.1 Å². The summed E-state index contributed by atoms with van der Waals surface area (Å²) in [5.41, 5.74) is 6.27. The van der Waals surface area contributed by atoms with Crippen LogP contribution < -0.4 is 5.73 Å². The van der Waals surface area contributed by atoms with Crippen LogP contribution in [0.4, 0.5) is 0 Å². The van der Waals surface area contributed by atoms with Crippen molar-refractivity contribution in [2.24, 2.45) is 5.73 Å². The molecule has 0 aliphatic heterocycles. The minimum atomic E-state index is -0.525. The summed E-state index contributed by atoms with van der Waals surface area (Å²) in [5, 5.41) is 9.66. The van der Waals surface area contributed by atoms with Gasteiger partial charge in [-0.2, -0.15) is 0 Å². The van der Waals surface area contributed by atoms with Crippen LogP contribution in [0.25, 0.3) is 0 Å². The molecule has 0 saturated heterocycles. The van der Waals surface area contributed by atoms with Crippen molar-refractivity contribution in [1.82, 2.24) is 0 Å². The summed E-state index contributed by atoms with van der Waals surface area (Å²) in [6.45, 7) is 1.65. The van der Waals surface area contributed by atoms with Crippen molar-refractivity contribution < 1.29 is 9.90 Å². The van der Waals surface area contributed by atoms with Crippen LogP contribution in [0.5, 0.6) is 0 Å². The zero-order valence-electron chi connectivity index (χ0n) is 7.83. The fraction of sp³-hybridized carbons (Fsp3) is 0.300. The summed E-state index contributed by atoms with van der Waals surface area (Å²) >= 11 is 5.73. The number of halogens is 1. The van der Waals surface area contributed by atoms with Gasteiger partial charge in [-0.05, 0) is 31.0 Å². The average molecular weight is 214 g/mol. The minimum absolute atomic E-state index is 0.374. The average Bonchev–Trinajstić information content (AvgIpc) is 2.07. The summed E-state index contributed by atoms with van der Waals surface area (Å²) in [4.78, 5) is 11.0. The molecule has 1 amide bonds. The lowest BCUT2D eigenvalue weighted by Gasteiger charge is -2.08. The Morgan fingerprint density at radius 3 is 2.79 bits per heavy atom.